The number of pyridine rings is 1. The summed E-state index contributed by atoms with van der Waals surface area (Å²) in [6.45, 7) is 2.87. The lowest BCUT2D eigenvalue weighted by atomic mass is 10.2. The Morgan fingerprint density at radius 1 is 1.31 bits per heavy atom. The molecule has 0 bridgehead atoms. The van der Waals surface area contributed by atoms with Gasteiger partial charge in [0.15, 0.2) is 0 Å². The SMILES string of the molecule is COC(=O)c1sc2ccn3nc(OCc4ccccc4)cc3c2c1NC[C@@H](C)N. The van der Waals surface area contributed by atoms with Gasteiger partial charge in [-0.15, -0.1) is 16.4 Å². The van der Waals surface area contributed by atoms with Crippen LogP contribution in [0.25, 0.3) is 15.6 Å². The second-order valence-corrected chi connectivity index (χ2v) is 7.85. The van der Waals surface area contributed by atoms with Crippen LogP contribution in [-0.2, 0) is 11.3 Å². The lowest BCUT2D eigenvalue weighted by Gasteiger charge is -2.10. The van der Waals surface area contributed by atoms with Crippen molar-refractivity contribution in [2.75, 3.05) is 19.0 Å². The Morgan fingerprint density at radius 3 is 2.83 bits per heavy atom. The highest BCUT2D eigenvalue weighted by molar-refractivity contribution is 7.21. The van der Waals surface area contributed by atoms with Crippen molar-refractivity contribution in [1.82, 2.24) is 9.61 Å². The van der Waals surface area contributed by atoms with Crippen LogP contribution in [0.15, 0.2) is 48.7 Å². The number of nitrogens with one attached hydrogen (secondary N) is 1. The van der Waals surface area contributed by atoms with Crippen LogP contribution in [0.3, 0.4) is 0 Å². The summed E-state index contributed by atoms with van der Waals surface area (Å²) in [7, 11) is 1.38. The zero-order valence-electron chi connectivity index (χ0n) is 16.2. The number of methoxy groups -OCH3 is 1. The fourth-order valence-electron chi connectivity index (χ4n) is 3.10. The fourth-order valence-corrected chi connectivity index (χ4v) is 4.20. The molecule has 29 heavy (non-hydrogen) atoms. The van der Waals surface area contributed by atoms with Gasteiger partial charge in [-0.25, -0.2) is 9.31 Å². The van der Waals surface area contributed by atoms with Gasteiger partial charge in [-0.2, -0.15) is 0 Å². The van der Waals surface area contributed by atoms with Gasteiger partial charge in [-0.3, -0.25) is 0 Å². The first kappa shape index (κ1) is 19.2. The van der Waals surface area contributed by atoms with Crippen LogP contribution in [0.4, 0.5) is 5.69 Å². The van der Waals surface area contributed by atoms with Gasteiger partial charge in [-0.05, 0) is 18.6 Å². The van der Waals surface area contributed by atoms with Crippen LogP contribution in [-0.4, -0.2) is 35.3 Å². The van der Waals surface area contributed by atoms with Crippen molar-refractivity contribution in [3.63, 3.8) is 0 Å². The topological polar surface area (TPSA) is 90.9 Å². The molecule has 3 N–H and O–H groups in total. The standard InChI is InChI=1S/C21H22N4O3S/c1-13(22)11-23-19-18-15-10-17(28-12-14-6-4-3-5-7-14)24-25(15)9-8-16(18)29-20(19)21(26)27-2/h3-10,13,23H,11-12,22H2,1-2H3/t13-/m1/s1. The first-order valence-corrected chi connectivity index (χ1v) is 10.1. The second kappa shape index (κ2) is 8.10. The first-order chi connectivity index (χ1) is 14.1. The quantitative estimate of drug-likeness (QED) is 0.452. The van der Waals surface area contributed by atoms with Gasteiger partial charge in [0.05, 0.1) is 18.3 Å². The fraction of sp³-hybridized carbons (Fsp3) is 0.238. The van der Waals surface area contributed by atoms with E-state index >= 15 is 0 Å². The molecule has 0 saturated carbocycles. The number of ether oxygens (including phenoxy) is 2. The van der Waals surface area contributed by atoms with Crippen molar-refractivity contribution in [3.8, 4) is 5.88 Å². The number of nitrogens with two attached hydrogens (primary N) is 1. The van der Waals surface area contributed by atoms with Gasteiger partial charge in [0.25, 0.3) is 0 Å². The van der Waals surface area contributed by atoms with E-state index in [1.165, 1.54) is 18.4 Å². The number of rotatable bonds is 7. The third-order valence-electron chi connectivity index (χ3n) is 4.47. The maximum atomic E-state index is 12.3. The summed E-state index contributed by atoms with van der Waals surface area (Å²) in [4.78, 5) is 12.8. The Kier molecular flexibility index (Phi) is 5.37. The highest BCUT2D eigenvalue weighted by atomic mass is 32.1. The average molecular weight is 410 g/mol. The number of nitrogens with zero attached hydrogens (tertiary/aromatic N) is 2. The number of hydrogen-bond acceptors (Lipinski definition) is 7. The molecular formula is C21H22N4O3S. The van der Waals surface area contributed by atoms with Crippen molar-refractivity contribution < 1.29 is 14.3 Å². The van der Waals surface area contributed by atoms with E-state index < -0.39 is 0 Å². The van der Waals surface area contributed by atoms with Crippen LogP contribution in [0, 0.1) is 0 Å². The predicted molar refractivity (Wildman–Crippen MR) is 115 cm³/mol. The first-order valence-electron chi connectivity index (χ1n) is 9.26. The zero-order chi connectivity index (χ0) is 20.4. The van der Waals surface area contributed by atoms with Crippen molar-refractivity contribution in [2.24, 2.45) is 5.73 Å². The summed E-state index contributed by atoms with van der Waals surface area (Å²) in [6, 6.07) is 13.7. The zero-order valence-corrected chi connectivity index (χ0v) is 17.0. The number of aromatic nitrogens is 2. The number of fused-ring (bicyclic) bond motifs is 3. The van der Waals surface area contributed by atoms with E-state index in [9.17, 15) is 4.79 Å². The number of thiophene rings is 1. The molecule has 4 aromatic rings. The third-order valence-corrected chi connectivity index (χ3v) is 5.61. The molecule has 0 fully saturated rings. The van der Waals surface area contributed by atoms with E-state index in [1.807, 2.05) is 55.6 Å². The summed E-state index contributed by atoms with van der Waals surface area (Å²) in [5.74, 6) is 0.141. The summed E-state index contributed by atoms with van der Waals surface area (Å²) in [6.07, 6.45) is 1.86. The van der Waals surface area contributed by atoms with E-state index in [0.717, 1.165) is 21.2 Å². The molecule has 1 aromatic carbocycles. The molecule has 0 unspecified atom stereocenters. The van der Waals surface area contributed by atoms with Crippen molar-refractivity contribution in [1.29, 1.82) is 0 Å². The van der Waals surface area contributed by atoms with Gasteiger partial charge < -0.3 is 20.5 Å². The maximum absolute atomic E-state index is 12.3. The Balaban J connectivity index is 1.75. The van der Waals surface area contributed by atoms with Crippen molar-refractivity contribution in [2.45, 2.75) is 19.6 Å². The van der Waals surface area contributed by atoms with Crippen molar-refractivity contribution in [3.05, 3.63) is 59.1 Å². The molecule has 8 heteroatoms. The van der Waals surface area contributed by atoms with E-state index in [2.05, 4.69) is 10.4 Å². The number of carbonyl (C=O) groups is 1. The second-order valence-electron chi connectivity index (χ2n) is 6.80. The Morgan fingerprint density at radius 2 is 2.10 bits per heavy atom. The van der Waals surface area contributed by atoms with Crippen LogP contribution < -0.4 is 15.8 Å². The van der Waals surface area contributed by atoms with Gasteiger partial charge in [0, 0.05) is 34.9 Å². The van der Waals surface area contributed by atoms with Gasteiger partial charge in [0.1, 0.15) is 11.5 Å². The number of benzene rings is 1. The molecular weight excluding hydrogens is 388 g/mol. The highest BCUT2D eigenvalue weighted by Gasteiger charge is 2.22. The highest BCUT2D eigenvalue weighted by Crippen LogP contribution is 2.39. The number of carbonyl (C=O) groups excluding carboxylic acids is 1. The molecule has 0 aliphatic rings. The van der Waals surface area contributed by atoms with E-state index in [4.69, 9.17) is 15.2 Å². The smallest absolute Gasteiger partial charge is 0.350 e. The molecule has 4 rings (SSSR count). The van der Waals surface area contributed by atoms with Crippen LogP contribution in [0.2, 0.25) is 0 Å². The number of esters is 1. The molecule has 150 valence electrons. The van der Waals surface area contributed by atoms with Gasteiger partial charge in [-0.1, -0.05) is 30.3 Å². The summed E-state index contributed by atoms with van der Waals surface area (Å²) in [5, 5.41) is 8.74. The molecule has 0 aliphatic carbocycles. The number of anilines is 1. The monoisotopic (exact) mass is 410 g/mol. The minimum atomic E-state index is -0.378. The lowest BCUT2D eigenvalue weighted by Crippen LogP contribution is -2.25. The molecule has 0 spiro atoms. The summed E-state index contributed by atoms with van der Waals surface area (Å²) < 4.78 is 13.6. The largest absolute Gasteiger partial charge is 0.472 e. The van der Waals surface area contributed by atoms with E-state index in [1.54, 1.807) is 4.52 Å². The van der Waals surface area contributed by atoms with E-state index in [0.29, 0.717) is 29.6 Å². The molecule has 3 aromatic heterocycles. The minimum Gasteiger partial charge on any atom is -0.472 e. The third kappa shape index (κ3) is 3.90. The molecule has 7 nitrogen and oxygen atoms in total. The Bertz CT molecular complexity index is 1150. The minimum absolute atomic E-state index is 0.0649. The van der Waals surface area contributed by atoms with Crippen LogP contribution in [0.5, 0.6) is 5.88 Å². The summed E-state index contributed by atoms with van der Waals surface area (Å²) >= 11 is 1.38. The van der Waals surface area contributed by atoms with Gasteiger partial charge in [0.2, 0.25) is 5.88 Å². The number of hydrogen-bond donors (Lipinski definition) is 2. The van der Waals surface area contributed by atoms with Crippen LogP contribution >= 0.6 is 11.3 Å². The van der Waals surface area contributed by atoms with Crippen LogP contribution in [0.1, 0.15) is 22.2 Å². The predicted octanol–water partition coefficient (Wildman–Crippen LogP) is 3.67. The summed E-state index contributed by atoms with van der Waals surface area (Å²) in [5.41, 5.74) is 8.55. The molecule has 0 amide bonds. The normalized spacial score (nSPS) is 12.2. The Labute approximate surface area is 172 Å². The molecule has 1 atom stereocenters. The van der Waals surface area contributed by atoms with Crippen molar-refractivity contribution >= 4 is 38.6 Å². The van der Waals surface area contributed by atoms with E-state index in [-0.39, 0.29) is 12.0 Å². The lowest BCUT2D eigenvalue weighted by molar-refractivity contribution is 0.0607. The van der Waals surface area contributed by atoms with Gasteiger partial charge >= 0.3 is 5.97 Å². The molecule has 3 heterocycles. The molecule has 0 saturated heterocycles. The average Bonchev–Trinajstić information content (AvgIpc) is 3.31. The molecule has 0 aliphatic heterocycles. The molecule has 0 radical (unpaired) electrons. The Hall–Kier alpha value is -3.10. The maximum Gasteiger partial charge on any atom is 0.350 e.